The van der Waals surface area contributed by atoms with Gasteiger partial charge in [-0.3, -0.25) is 4.79 Å². The molecule has 0 bridgehead atoms. The number of nitrogens with one attached hydrogen (secondary N) is 1. The van der Waals surface area contributed by atoms with Gasteiger partial charge in [0.05, 0.1) is 19.6 Å². The molecule has 0 radical (unpaired) electrons. The number of halogens is 1. The van der Waals surface area contributed by atoms with Crippen LogP contribution < -0.4 is 10.1 Å². The minimum atomic E-state index is -0.303. The molecule has 0 aliphatic carbocycles. The van der Waals surface area contributed by atoms with Crippen LogP contribution >= 0.6 is 11.3 Å². The quantitative estimate of drug-likeness (QED) is 0.714. The fraction of sp³-hybridized carbons (Fsp3) is 0.150. The van der Waals surface area contributed by atoms with Crippen molar-refractivity contribution >= 4 is 17.2 Å². The van der Waals surface area contributed by atoms with Gasteiger partial charge in [0.15, 0.2) is 0 Å². The lowest BCUT2D eigenvalue weighted by Crippen LogP contribution is -2.30. The van der Waals surface area contributed by atoms with E-state index in [1.54, 1.807) is 30.6 Å². The first kappa shape index (κ1) is 17.2. The molecule has 25 heavy (non-hydrogen) atoms. The second-order valence-corrected chi connectivity index (χ2v) is 6.54. The Balaban J connectivity index is 1.80. The van der Waals surface area contributed by atoms with Crippen molar-refractivity contribution in [2.24, 2.45) is 0 Å². The third kappa shape index (κ3) is 4.25. The molecule has 2 aromatic carbocycles. The SMILES string of the molecule is COc1ccccc1CC(=O)NC(c1ccc(F)cc1)c1cccs1. The van der Waals surface area contributed by atoms with Gasteiger partial charge < -0.3 is 10.1 Å². The summed E-state index contributed by atoms with van der Waals surface area (Å²) in [5.74, 6) is 0.272. The van der Waals surface area contributed by atoms with Crippen molar-refractivity contribution < 1.29 is 13.9 Å². The number of carbonyl (C=O) groups is 1. The maximum Gasteiger partial charge on any atom is 0.225 e. The molecule has 3 aromatic rings. The Morgan fingerprint density at radius 2 is 1.88 bits per heavy atom. The fourth-order valence-corrected chi connectivity index (χ4v) is 3.47. The van der Waals surface area contributed by atoms with Crippen molar-refractivity contribution in [3.63, 3.8) is 0 Å². The maximum atomic E-state index is 13.2. The number of ether oxygens (including phenoxy) is 1. The van der Waals surface area contributed by atoms with E-state index in [4.69, 9.17) is 4.74 Å². The molecule has 1 amide bonds. The van der Waals surface area contributed by atoms with E-state index < -0.39 is 0 Å². The molecule has 1 atom stereocenters. The molecule has 1 unspecified atom stereocenters. The van der Waals surface area contributed by atoms with Crippen molar-refractivity contribution in [3.05, 3.63) is 87.9 Å². The predicted molar refractivity (Wildman–Crippen MR) is 97.4 cm³/mol. The maximum absolute atomic E-state index is 13.2. The molecule has 3 nitrogen and oxygen atoms in total. The summed E-state index contributed by atoms with van der Waals surface area (Å²) in [4.78, 5) is 13.6. The van der Waals surface area contributed by atoms with E-state index in [9.17, 15) is 9.18 Å². The lowest BCUT2D eigenvalue weighted by molar-refractivity contribution is -0.120. The topological polar surface area (TPSA) is 38.3 Å². The third-order valence-electron chi connectivity index (χ3n) is 3.88. The number of methoxy groups -OCH3 is 1. The monoisotopic (exact) mass is 355 g/mol. The first-order valence-corrected chi connectivity index (χ1v) is 8.75. The molecule has 3 rings (SSSR count). The average molecular weight is 355 g/mol. The number of hydrogen-bond acceptors (Lipinski definition) is 3. The Bertz CT molecular complexity index is 831. The largest absolute Gasteiger partial charge is 0.496 e. The minimum absolute atomic E-state index is 0.118. The van der Waals surface area contributed by atoms with Crippen LogP contribution in [0.5, 0.6) is 5.75 Å². The van der Waals surface area contributed by atoms with Crippen LogP contribution in [0.3, 0.4) is 0 Å². The zero-order valence-corrected chi connectivity index (χ0v) is 14.6. The van der Waals surface area contributed by atoms with Gasteiger partial charge in [-0.2, -0.15) is 0 Å². The van der Waals surface area contributed by atoms with E-state index in [0.29, 0.717) is 5.75 Å². The second-order valence-electron chi connectivity index (χ2n) is 5.56. The van der Waals surface area contributed by atoms with E-state index in [1.165, 1.54) is 12.1 Å². The first-order chi connectivity index (χ1) is 12.2. The number of carbonyl (C=O) groups excluding carboxylic acids is 1. The minimum Gasteiger partial charge on any atom is -0.496 e. The zero-order chi connectivity index (χ0) is 17.6. The van der Waals surface area contributed by atoms with E-state index in [1.807, 2.05) is 41.8 Å². The summed E-state index contributed by atoms with van der Waals surface area (Å²) in [5, 5.41) is 5.01. The summed E-state index contributed by atoms with van der Waals surface area (Å²) >= 11 is 1.55. The number of thiophene rings is 1. The van der Waals surface area contributed by atoms with E-state index in [-0.39, 0.29) is 24.2 Å². The smallest absolute Gasteiger partial charge is 0.225 e. The lowest BCUT2D eigenvalue weighted by Gasteiger charge is -2.18. The molecule has 0 saturated carbocycles. The van der Waals surface area contributed by atoms with Crippen molar-refractivity contribution in [1.29, 1.82) is 0 Å². The number of hydrogen-bond donors (Lipinski definition) is 1. The van der Waals surface area contributed by atoms with E-state index in [0.717, 1.165) is 16.0 Å². The first-order valence-electron chi connectivity index (χ1n) is 7.87. The van der Waals surface area contributed by atoms with Gasteiger partial charge in [0, 0.05) is 10.4 Å². The summed E-state index contributed by atoms with van der Waals surface area (Å²) < 4.78 is 18.5. The Morgan fingerprint density at radius 3 is 2.56 bits per heavy atom. The summed E-state index contributed by atoms with van der Waals surface area (Å²) in [7, 11) is 1.59. The Morgan fingerprint density at radius 1 is 1.12 bits per heavy atom. The van der Waals surface area contributed by atoms with Gasteiger partial charge >= 0.3 is 0 Å². The number of amides is 1. The van der Waals surface area contributed by atoms with Gasteiger partial charge in [-0.15, -0.1) is 11.3 Å². The van der Waals surface area contributed by atoms with Gasteiger partial charge in [0.2, 0.25) is 5.91 Å². The Labute approximate surface area is 150 Å². The molecule has 0 aliphatic rings. The molecule has 0 spiro atoms. The van der Waals surface area contributed by atoms with Crippen LogP contribution in [0.25, 0.3) is 0 Å². The van der Waals surface area contributed by atoms with Crippen molar-refractivity contribution in [1.82, 2.24) is 5.32 Å². The molecule has 0 saturated heterocycles. The number of benzene rings is 2. The van der Waals surface area contributed by atoms with Crippen LogP contribution in [0.2, 0.25) is 0 Å². The molecular formula is C20H18FNO2S. The van der Waals surface area contributed by atoms with Gasteiger partial charge in [-0.1, -0.05) is 36.4 Å². The van der Waals surface area contributed by atoms with Crippen LogP contribution in [0.15, 0.2) is 66.0 Å². The van der Waals surface area contributed by atoms with Crippen LogP contribution in [0.4, 0.5) is 4.39 Å². The molecule has 1 aromatic heterocycles. The standard InChI is InChI=1S/C20H18FNO2S/c1-24-17-6-3-2-5-15(17)13-19(23)22-20(18-7-4-12-25-18)14-8-10-16(21)11-9-14/h2-12,20H,13H2,1H3,(H,22,23). The van der Waals surface area contributed by atoms with Gasteiger partial charge in [-0.25, -0.2) is 4.39 Å². The van der Waals surface area contributed by atoms with Gasteiger partial charge in [-0.05, 0) is 35.2 Å². The number of rotatable bonds is 6. The predicted octanol–water partition coefficient (Wildman–Crippen LogP) is 4.34. The van der Waals surface area contributed by atoms with Crippen LogP contribution in [0.1, 0.15) is 22.0 Å². The van der Waals surface area contributed by atoms with Crippen LogP contribution in [-0.2, 0) is 11.2 Å². The van der Waals surface area contributed by atoms with Gasteiger partial charge in [0.1, 0.15) is 11.6 Å². The molecule has 128 valence electrons. The summed E-state index contributed by atoms with van der Waals surface area (Å²) in [6.45, 7) is 0. The summed E-state index contributed by atoms with van der Waals surface area (Å²) in [6.07, 6.45) is 0.215. The third-order valence-corrected chi connectivity index (χ3v) is 4.82. The molecule has 0 fully saturated rings. The Kier molecular flexibility index (Phi) is 5.46. The highest BCUT2D eigenvalue weighted by atomic mass is 32.1. The normalized spacial score (nSPS) is 11.8. The zero-order valence-electron chi connectivity index (χ0n) is 13.7. The highest BCUT2D eigenvalue weighted by Crippen LogP contribution is 2.27. The molecule has 0 aliphatic heterocycles. The molecule has 1 heterocycles. The second kappa shape index (κ2) is 7.94. The van der Waals surface area contributed by atoms with Crippen molar-refractivity contribution in [2.45, 2.75) is 12.5 Å². The molecular weight excluding hydrogens is 337 g/mol. The highest BCUT2D eigenvalue weighted by Gasteiger charge is 2.19. The van der Waals surface area contributed by atoms with E-state index >= 15 is 0 Å². The van der Waals surface area contributed by atoms with Crippen LogP contribution in [0, 0.1) is 5.82 Å². The van der Waals surface area contributed by atoms with Crippen molar-refractivity contribution in [3.8, 4) is 5.75 Å². The molecule has 5 heteroatoms. The average Bonchev–Trinajstić information content (AvgIpc) is 3.15. The fourth-order valence-electron chi connectivity index (χ4n) is 2.66. The van der Waals surface area contributed by atoms with Gasteiger partial charge in [0.25, 0.3) is 0 Å². The lowest BCUT2D eigenvalue weighted by atomic mass is 10.0. The highest BCUT2D eigenvalue weighted by molar-refractivity contribution is 7.10. The van der Waals surface area contributed by atoms with Crippen LogP contribution in [-0.4, -0.2) is 13.0 Å². The van der Waals surface area contributed by atoms with E-state index in [2.05, 4.69) is 5.32 Å². The Hall–Kier alpha value is -2.66. The number of para-hydroxylation sites is 1. The molecule has 1 N–H and O–H groups in total. The summed E-state index contributed by atoms with van der Waals surface area (Å²) in [6, 6.07) is 17.2. The summed E-state index contributed by atoms with van der Waals surface area (Å²) in [5.41, 5.74) is 1.67. The van der Waals surface area contributed by atoms with Crippen molar-refractivity contribution in [2.75, 3.05) is 7.11 Å².